The van der Waals surface area contributed by atoms with Crippen LogP contribution in [0.15, 0.2) is 29.4 Å². The second-order valence-electron chi connectivity index (χ2n) is 9.83. The standard InChI is InChI=1S/C24H36N4O4S/c1-17(2)18-7-9-19(10-8-18)27-13-11-20(12-14-27)28-23-6-4-3-5-21(23)22(15-26-29)24(28)16-32-33(25,30)31/h3-6,15,17-20,29H,7-14,16H2,1-2H3,(H2,25,30,31)/b26-15-. The molecule has 2 aliphatic rings. The Morgan fingerprint density at radius 3 is 2.39 bits per heavy atom. The molecule has 2 fully saturated rings. The molecule has 4 rings (SSSR count). The number of para-hydroxylation sites is 1. The van der Waals surface area contributed by atoms with Crippen molar-refractivity contribution in [2.24, 2.45) is 22.1 Å². The van der Waals surface area contributed by atoms with E-state index in [2.05, 4.69) is 28.5 Å². The van der Waals surface area contributed by atoms with Gasteiger partial charge in [-0.3, -0.25) is 4.18 Å². The third kappa shape index (κ3) is 5.42. The maximum absolute atomic E-state index is 11.5. The molecule has 33 heavy (non-hydrogen) atoms. The lowest BCUT2D eigenvalue weighted by Crippen LogP contribution is -2.44. The molecule has 1 saturated heterocycles. The van der Waals surface area contributed by atoms with Gasteiger partial charge in [0.15, 0.2) is 0 Å². The number of piperidine rings is 1. The van der Waals surface area contributed by atoms with Gasteiger partial charge in [-0.05, 0) is 56.4 Å². The fourth-order valence-electron chi connectivity index (χ4n) is 5.89. The maximum atomic E-state index is 11.5. The van der Waals surface area contributed by atoms with Gasteiger partial charge in [0.2, 0.25) is 0 Å². The second kappa shape index (κ2) is 10.1. The molecular weight excluding hydrogens is 440 g/mol. The lowest BCUT2D eigenvalue weighted by molar-refractivity contribution is 0.0884. The van der Waals surface area contributed by atoms with Crippen molar-refractivity contribution in [2.45, 2.75) is 71.1 Å². The van der Waals surface area contributed by atoms with Gasteiger partial charge in [0.05, 0.1) is 11.9 Å². The molecule has 0 radical (unpaired) electrons. The molecule has 9 heteroatoms. The van der Waals surface area contributed by atoms with Crippen molar-refractivity contribution >= 4 is 27.4 Å². The average Bonchev–Trinajstić information content (AvgIpc) is 3.11. The fraction of sp³-hybridized carbons (Fsp3) is 0.625. The van der Waals surface area contributed by atoms with Crippen LogP contribution in [-0.4, -0.2) is 48.4 Å². The van der Waals surface area contributed by atoms with E-state index in [1.165, 1.54) is 31.9 Å². The SMILES string of the molecule is CC(C)C1CCC(N2CCC(n3c(COS(N)(=O)=O)c(/C=N\O)c4ccccc43)CC2)CC1. The largest absolute Gasteiger partial charge is 0.411 e. The third-order valence-corrected chi connectivity index (χ3v) is 8.11. The molecule has 1 aromatic carbocycles. The van der Waals surface area contributed by atoms with Crippen molar-refractivity contribution in [3.8, 4) is 0 Å². The summed E-state index contributed by atoms with van der Waals surface area (Å²) in [6.07, 6.45) is 8.51. The topological polar surface area (TPSA) is 110 Å². The molecule has 0 bridgehead atoms. The van der Waals surface area contributed by atoms with Crippen molar-refractivity contribution in [1.29, 1.82) is 0 Å². The van der Waals surface area contributed by atoms with E-state index >= 15 is 0 Å². The van der Waals surface area contributed by atoms with Crippen LogP contribution < -0.4 is 5.14 Å². The number of hydrogen-bond donors (Lipinski definition) is 2. The molecule has 0 unspecified atom stereocenters. The molecule has 1 aliphatic carbocycles. The molecule has 0 atom stereocenters. The van der Waals surface area contributed by atoms with E-state index < -0.39 is 10.3 Å². The summed E-state index contributed by atoms with van der Waals surface area (Å²) >= 11 is 0. The lowest BCUT2D eigenvalue weighted by Gasteiger charge is -2.42. The van der Waals surface area contributed by atoms with Crippen LogP contribution in [0.25, 0.3) is 10.9 Å². The monoisotopic (exact) mass is 476 g/mol. The van der Waals surface area contributed by atoms with Gasteiger partial charge in [-0.25, -0.2) is 5.14 Å². The smallest absolute Gasteiger partial charge is 0.333 e. The highest BCUT2D eigenvalue weighted by atomic mass is 32.2. The number of likely N-dealkylation sites (tertiary alicyclic amines) is 1. The summed E-state index contributed by atoms with van der Waals surface area (Å²) in [6.45, 7) is 6.52. The third-order valence-electron chi connectivity index (χ3n) is 7.67. The van der Waals surface area contributed by atoms with Gasteiger partial charge in [-0.2, -0.15) is 8.42 Å². The normalized spacial score (nSPS) is 23.8. The maximum Gasteiger partial charge on any atom is 0.333 e. The van der Waals surface area contributed by atoms with Crippen molar-refractivity contribution in [2.75, 3.05) is 13.1 Å². The van der Waals surface area contributed by atoms with E-state index in [9.17, 15) is 13.6 Å². The number of aromatic nitrogens is 1. The molecule has 182 valence electrons. The quantitative estimate of drug-likeness (QED) is 0.356. The Balaban J connectivity index is 1.56. The number of rotatable bonds is 7. The minimum Gasteiger partial charge on any atom is -0.411 e. The summed E-state index contributed by atoms with van der Waals surface area (Å²) < 4.78 is 30.2. The van der Waals surface area contributed by atoms with Crippen LogP contribution in [0.2, 0.25) is 0 Å². The number of benzene rings is 1. The second-order valence-corrected chi connectivity index (χ2v) is 11.0. The molecule has 1 aliphatic heterocycles. The predicted octanol–water partition coefficient (Wildman–Crippen LogP) is 4.02. The minimum atomic E-state index is -4.10. The van der Waals surface area contributed by atoms with Gasteiger partial charge in [0.1, 0.15) is 6.61 Å². The Morgan fingerprint density at radius 2 is 1.79 bits per heavy atom. The number of fused-ring (bicyclic) bond motifs is 1. The summed E-state index contributed by atoms with van der Waals surface area (Å²) in [5.41, 5.74) is 2.31. The Kier molecular flexibility index (Phi) is 7.43. The van der Waals surface area contributed by atoms with E-state index in [0.717, 1.165) is 48.7 Å². The summed E-state index contributed by atoms with van der Waals surface area (Å²) in [5, 5.41) is 18.5. The van der Waals surface area contributed by atoms with Crippen LogP contribution in [-0.2, 0) is 21.1 Å². The average molecular weight is 477 g/mol. The summed E-state index contributed by atoms with van der Waals surface area (Å²) in [6, 6.07) is 8.73. The lowest BCUT2D eigenvalue weighted by atomic mass is 9.79. The van der Waals surface area contributed by atoms with Gasteiger partial charge < -0.3 is 14.7 Å². The van der Waals surface area contributed by atoms with Crippen LogP contribution in [0, 0.1) is 11.8 Å². The molecular formula is C24H36N4O4S. The number of nitrogens with two attached hydrogens (primary N) is 1. The highest BCUT2D eigenvalue weighted by Gasteiger charge is 2.32. The molecule has 8 nitrogen and oxygen atoms in total. The van der Waals surface area contributed by atoms with Crippen LogP contribution >= 0.6 is 0 Å². The molecule has 2 heterocycles. The van der Waals surface area contributed by atoms with Gasteiger partial charge >= 0.3 is 10.3 Å². The Hall–Kier alpha value is -1.94. The number of oxime groups is 1. The van der Waals surface area contributed by atoms with E-state index in [0.29, 0.717) is 17.3 Å². The van der Waals surface area contributed by atoms with Crippen LogP contribution in [0.5, 0.6) is 0 Å². The molecule has 2 aromatic rings. The Morgan fingerprint density at radius 1 is 1.12 bits per heavy atom. The summed E-state index contributed by atoms with van der Waals surface area (Å²) in [4.78, 5) is 2.65. The molecule has 1 aromatic heterocycles. The molecule has 0 spiro atoms. The zero-order chi connectivity index (χ0) is 23.6. The van der Waals surface area contributed by atoms with Gasteiger partial charge in [-0.1, -0.05) is 37.2 Å². The number of hydrogen-bond acceptors (Lipinski definition) is 6. The molecule has 3 N–H and O–H groups in total. The van der Waals surface area contributed by atoms with Crippen LogP contribution in [0.3, 0.4) is 0 Å². The van der Waals surface area contributed by atoms with E-state index in [-0.39, 0.29) is 12.6 Å². The predicted molar refractivity (Wildman–Crippen MR) is 130 cm³/mol. The fourth-order valence-corrected chi connectivity index (χ4v) is 6.16. The first kappa shape index (κ1) is 24.2. The van der Waals surface area contributed by atoms with Crippen molar-refractivity contribution in [3.63, 3.8) is 0 Å². The molecule has 1 saturated carbocycles. The minimum absolute atomic E-state index is 0.200. The van der Waals surface area contributed by atoms with E-state index in [4.69, 9.17) is 9.32 Å². The summed E-state index contributed by atoms with van der Waals surface area (Å²) in [7, 11) is -4.10. The van der Waals surface area contributed by atoms with Crippen molar-refractivity contribution < 1.29 is 17.8 Å². The van der Waals surface area contributed by atoms with Crippen molar-refractivity contribution in [1.82, 2.24) is 9.47 Å². The highest BCUT2D eigenvalue weighted by Crippen LogP contribution is 2.37. The van der Waals surface area contributed by atoms with E-state index in [1.807, 2.05) is 24.3 Å². The Labute approximate surface area is 196 Å². The summed E-state index contributed by atoms with van der Waals surface area (Å²) in [5.74, 6) is 1.63. The first-order valence-electron chi connectivity index (χ1n) is 12.0. The molecule has 0 amide bonds. The van der Waals surface area contributed by atoms with Crippen LogP contribution in [0.4, 0.5) is 0 Å². The van der Waals surface area contributed by atoms with Gasteiger partial charge in [-0.15, -0.1) is 0 Å². The van der Waals surface area contributed by atoms with Gasteiger partial charge in [0.25, 0.3) is 0 Å². The number of nitrogens with zero attached hydrogens (tertiary/aromatic N) is 3. The highest BCUT2D eigenvalue weighted by molar-refractivity contribution is 7.84. The zero-order valence-electron chi connectivity index (χ0n) is 19.6. The van der Waals surface area contributed by atoms with Crippen LogP contribution in [0.1, 0.15) is 69.7 Å². The zero-order valence-corrected chi connectivity index (χ0v) is 20.4. The first-order chi connectivity index (χ1) is 15.8. The first-order valence-corrected chi connectivity index (χ1v) is 13.5. The van der Waals surface area contributed by atoms with Crippen molar-refractivity contribution in [3.05, 3.63) is 35.5 Å². The van der Waals surface area contributed by atoms with E-state index in [1.54, 1.807) is 0 Å². The Bertz CT molecular complexity index is 1080. The van der Waals surface area contributed by atoms with Gasteiger partial charge in [0, 0.05) is 41.6 Å².